The average Bonchev–Trinajstić information content (AvgIpc) is 3.31. The Balaban J connectivity index is 0.000000383. The monoisotopic (exact) mass is 996 g/mol. The van der Waals surface area contributed by atoms with Gasteiger partial charge in [-0.25, -0.2) is 14.4 Å². The Bertz CT molecular complexity index is 2220. The zero-order chi connectivity index (χ0) is 53.2. The Morgan fingerprint density at radius 2 is 1.10 bits per heavy atom. The molecule has 5 N–H and O–H groups in total. The van der Waals surface area contributed by atoms with E-state index in [9.17, 15) is 34.2 Å². The van der Waals surface area contributed by atoms with E-state index in [1.165, 1.54) is 50.0 Å². The molecule has 0 aromatic heterocycles. The van der Waals surface area contributed by atoms with Crippen LogP contribution in [0.4, 0.5) is 14.4 Å². The van der Waals surface area contributed by atoms with Crippen molar-refractivity contribution in [2.75, 3.05) is 67.1 Å². The molecule has 2 aliphatic rings. The van der Waals surface area contributed by atoms with Crippen LogP contribution in [-0.2, 0) is 46.1 Å². The van der Waals surface area contributed by atoms with Gasteiger partial charge in [0.25, 0.3) is 0 Å². The van der Waals surface area contributed by atoms with Crippen LogP contribution in [-0.4, -0.2) is 147 Å². The summed E-state index contributed by atoms with van der Waals surface area (Å²) in [6.07, 6.45) is 4.42. The van der Waals surface area contributed by atoms with Crippen LogP contribution in [0.3, 0.4) is 0 Å². The molecule has 4 rings (SSSR count). The number of hydrogen-bond acceptors (Lipinski definition) is 17. The number of nitrogens with one attached hydrogen (secondary N) is 1. The van der Waals surface area contributed by atoms with Crippen molar-refractivity contribution >= 4 is 30.2 Å². The van der Waals surface area contributed by atoms with Crippen LogP contribution in [0.2, 0.25) is 0 Å². The second kappa shape index (κ2) is 27.6. The summed E-state index contributed by atoms with van der Waals surface area (Å²) < 4.78 is 50.0. The number of carbonyl (C=O) groups excluding carboxylic acids is 5. The summed E-state index contributed by atoms with van der Waals surface area (Å²) in [4.78, 5) is 65.4. The lowest BCUT2D eigenvalue weighted by atomic mass is 9.83. The molecule has 2 heterocycles. The molecule has 2 aliphatic heterocycles. The number of nitrogens with two attached hydrogens (primary N) is 1. The fraction of sp³-hybridized carbons (Fsp3) is 0.510. The first-order chi connectivity index (χ1) is 33.7. The quantitative estimate of drug-likeness (QED) is 0.0670. The van der Waals surface area contributed by atoms with E-state index in [1.54, 1.807) is 32.9 Å². The highest BCUT2D eigenvalue weighted by atomic mass is 16.6. The molecule has 0 fully saturated rings. The second-order valence-corrected chi connectivity index (χ2v) is 17.5. The maximum absolute atomic E-state index is 13.5. The molecule has 0 saturated heterocycles. The van der Waals surface area contributed by atoms with Crippen LogP contribution in [0, 0.1) is 13.8 Å². The summed E-state index contributed by atoms with van der Waals surface area (Å²) in [5, 5.41) is 23.2. The van der Waals surface area contributed by atoms with Crippen LogP contribution >= 0.6 is 0 Å². The molecule has 0 saturated carbocycles. The smallest absolute Gasteiger partial charge is 0.411 e. The number of ether oxygens (including phenoxy) is 9. The van der Waals surface area contributed by atoms with Gasteiger partial charge in [0.05, 0.1) is 63.7 Å². The van der Waals surface area contributed by atoms with E-state index in [2.05, 4.69) is 31.6 Å². The van der Waals surface area contributed by atoms with Crippen LogP contribution < -0.4 is 30.0 Å². The Labute approximate surface area is 416 Å². The first-order valence-corrected chi connectivity index (χ1v) is 22.9. The van der Waals surface area contributed by atoms with E-state index < -0.39 is 85.3 Å². The molecular weight excluding hydrogens is 925 g/mol. The number of esters is 2. The third-order valence-electron chi connectivity index (χ3n) is 11.0. The minimum atomic E-state index is -1.08. The van der Waals surface area contributed by atoms with Crippen molar-refractivity contribution < 1.29 is 76.8 Å². The number of amides is 3. The van der Waals surface area contributed by atoms with Gasteiger partial charge in [-0.2, -0.15) is 0 Å². The summed E-state index contributed by atoms with van der Waals surface area (Å²) in [5.41, 5.74) is 9.83. The highest BCUT2D eigenvalue weighted by Crippen LogP contribution is 2.49. The Hall–Kier alpha value is -6.77. The molecule has 2 aromatic rings. The van der Waals surface area contributed by atoms with E-state index in [0.29, 0.717) is 40.5 Å². The van der Waals surface area contributed by atoms with Gasteiger partial charge in [0.2, 0.25) is 0 Å². The number of methoxy groups -OCH3 is 2. The number of benzene rings is 2. The van der Waals surface area contributed by atoms with E-state index in [0.717, 1.165) is 22.3 Å². The molecule has 20 heteroatoms. The first-order valence-electron chi connectivity index (χ1n) is 22.9. The number of aliphatic hydroxyl groups excluding tert-OH is 2. The molecule has 2 unspecified atom stereocenters. The van der Waals surface area contributed by atoms with Crippen LogP contribution in [0.15, 0.2) is 62.8 Å². The Morgan fingerprint density at radius 3 is 1.45 bits per heavy atom. The number of alkyl carbamates (subject to hydrolysis) is 1. The van der Waals surface area contributed by atoms with Crippen molar-refractivity contribution in [1.29, 1.82) is 0 Å². The molecular formula is C51H72N4O16. The first kappa shape index (κ1) is 58.5. The maximum atomic E-state index is 13.5. The van der Waals surface area contributed by atoms with E-state index in [4.69, 9.17) is 48.4 Å². The van der Waals surface area contributed by atoms with Crippen molar-refractivity contribution in [3.05, 3.63) is 96.1 Å². The number of rotatable bonds is 21. The molecule has 392 valence electrons. The van der Waals surface area contributed by atoms with Gasteiger partial charge in [-0.1, -0.05) is 62.8 Å². The van der Waals surface area contributed by atoms with Gasteiger partial charge < -0.3 is 63.9 Å². The van der Waals surface area contributed by atoms with Crippen molar-refractivity contribution in [2.24, 2.45) is 5.73 Å². The SMILES string of the molecule is C=CCOC(=O)N1[C@H](COC(C)=O)Cc2cc(C)c(OC)c(OCC=C)c2[C@@H]1C(CO)NC(=O)OC(C)(C)C.C=CCOC(=O)N1[C@H](COC(C)=O)Cc2cc(C)c(OC)c(OCC=C)c2[C@@H]1C(N)CO. The van der Waals surface area contributed by atoms with Gasteiger partial charge >= 0.3 is 30.2 Å². The lowest BCUT2D eigenvalue weighted by Gasteiger charge is -2.45. The van der Waals surface area contributed by atoms with Crippen molar-refractivity contribution in [1.82, 2.24) is 15.1 Å². The Morgan fingerprint density at radius 1 is 0.690 bits per heavy atom. The summed E-state index contributed by atoms with van der Waals surface area (Å²) in [5.74, 6) is 0.673. The Kier molecular flexibility index (Phi) is 22.7. The maximum Gasteiger partial charge on any atom is 0.411 e. The fourth-order valence-electron chi connectivity index (χ4n) is 8.44. The predicted molar refractivity (Wildman–Crippen MR) is 263 cm³/mol. The van der Waals surface area contributed by atoms with Crippen LogP contribution in [0.25, 0.3) is 0 Å². The van der Waals surface area contributed by atoms with Gasteiger partial charge in [0.15, 0.2) is 23.0 Å². The lowest BCUT2D eigenvalue weighted by molar-refractivity contribution is -0.144. The fourth-order valence-corrected chi connectivity index (χ4v) is 8.44. The summed E-state index contributed by atoms with van der Waals surface area (Å²) >= 11 is 0. The summed E-state index contributed by atoms with van der Waals surface area (Å²) in [6, 6.07) is -1.24. The number of hydrogen-bond donors (Lipinski definition) is 4. The van der Waals surface area contributed by atoms with Crippen molar-refractivity contribution in [3.63, 3.8) is 0 Å². The molecule has 71 heavy (non-hydrogen) atoms. The van der Waals surface area contributed by atoms with Crippen LogP contribution in [0.1, 0.15) is 80.1 Å². The molecule has 3 amide bonds. The van der Waals surface area contributed by atoms with Gasteiger partial charge in [0, 0.05) is 25.0 Å². The third-order valence-corrected chi connectivity index (χ3v) is 11.0. The van der Waals surface area contributed by atoms with E-state index in [-0.39, 0.29) is 46.1 Å². The molecule has 0 radical (unpaired) electrons. The molecule has 2 aromatic carbocycles. The van der Waals surface area contributed by atoms with E-state index in [1.807, 2.05) is 26.0 Å². The minimum absolute atomic E-state index is 0.0133. The number of aliphatic hydroxyl groups is 2. The van der Waals surface area contributed by atoms with Gasteiger partial charge in [0.1, 0.15) is 45.2 Å². The molecule has 0 bridgehead atoms. The van der Waals surface area contributed by atoms with Gasteiger partial charge in [-0.05, 0) is 69.7 Å². The molecule has 20 nitrogen and oxygen atoms in total. The highest BCUT2D eigenvalue weighted by Gasteiger charge is 2.47. The minimum Gasteiger partial charge on any atom is -0.493 e. The highest BCUT2D eigenvalue weighted by molar-refractivity contribution is 5.74. The molecule has 0 aliphatic carbocycles. The zero-order valence-corrected chi connectivity index (χ0v) is 42.4. The molecule has 6 atom stereocenters. The molecule has 0 spiro atoms. The predicted octanol–water partition coefficient (Wildman–Crippen LogP) is 5.65. The topological polar surface area (TPSA) is 253 Å². The number of nitrogens with zero attached hydrogens (tertiary/aromatic N) is 2. The standard InChI is InChI=1S/C28H40N2O9.C23H32N2O7/c1-9-11-36-25-22-19(13-17(3)24(25)35-8)14-20(16-38-18(4)32)30(27(34)37-12-10-2)23(22)21(15-31)29-26(33)39-28(5,6)7;1-6-8-30-22-19-16(10-14(3)21(22)29-5)11-17(13-32-15(4)27)25(20(19)18(24)12-26)23(28)31-9-7-2/h9-10,13,20-21,23,31H,1-2,11-12,14-16H2,3-8H3,(H,29,33);6-7,10,17-18,20,26H,1-2,8-9,11-13,24H2,3-5H3/t20-,21?,23-;17-,18?,20-/m00/s1. The largest absolute Gasteiger partial charge is 0.493 e. The number of fused-ring (bicyclic) bond motifs is 2. The van der Waals surface area contributed by atoms with Gasteiger partial charge in [-0.15, -0.1) is 0 Å². The van der Waals surface area contributed by atoms with Crippen LogP contribution in [0.5, 0.6) is 23.0 Å². The third kappa shape index (κ3) is 15.4. The van der Waals surface area contributed by atoms with Crippen molar-refractivity contribution in [2.45, 2.75) is 103 Å². The number of carbonyl (C=O) groups is 5. The zero-order valence-electron chi connectivity index (χ0n) is 42.4. The van der Waals surface area contributed by atoms with E-state index >= 15 is 0 Å². The average molecular weight is 997 g/mol. The number of aryl methyl sites for hydroxylation is 2. The normalized spacial score (nSPS) is 17.7. The lowest BCUT2D eigenvalue weighted by Crippen LogP contribution is -2.57. The van der Waals surface area contributed by atoms with Crippen molar-refractivity contribution in [3.8, 4) is 23.0 Å². The second-order valence-electron chi connectivity index (χ2n) is 17.5. The van der Waals surface area contributed by atoms with Gasteiger partial charge in [-0.3, -0.25) is 19.4 Å². The summed E-state index contributed by atoms with van der Waals surface area (Å²) in [6.45, 7) is 25.0. The summed E-state index contributed by atoms with van der Waals surface area (Å²) in [7, 11) is 3.02.